The number of rotatable bonds is 7. The first-order valence-electron chi connectivity index (χ1n) is 9.93. The molecule has 1 heterocycles. The lowest BCUT2D eigenvalue weighted by Gasteiger charge is -2.36. The number of hydrogen-bond acceptors (Lipinski definition) is 6. The molecule has 10 heteroatoms. The van der Waals surface area contributed by atoms with Crippen molar-refractivity contribution in [1.82, 2.24) is 10.2 Å². The zero-order valence-electron chi connectivity index (χ0n) is 17.1. The second-order valence-corrected chi connectivity index (χ2v) is 7.81. The van der Waals surface area contributed by atoms with Crippen molar-refractivity contribution < 1.29 is 24.0 Å². The number of carbonyl (C=O) groups excluding carboxylic acids is 2. The lowest BCUT2D eigenvalue weighted by atomic mass is 9.94. The number of esters is 1. The average Bonchev–Trinajstić information content (AvgIpc) is 3.62. The van der Waals surface area contributed by atoms with Gasteiger partial charge in [0.1, 0.15) is 12.4 Å². The Hall–Kier alpha value is -3.59. The Balaban J connectivity index is 1.74. The number of amides is 2. The van der Waals surface area contributed by atoms with Crippen LogP contribution in [0.1, 0.15) is 24.4 Å². The largest absolute Gasteiger partial charge is 0.486 e. The van der Waals surface area contributed by atoms with Crippen LogP contribution in [0.25, 0.3) is 0 Å². The molecule has 0 spiro atoms. The molecule has 1 fully saturated rings. The molecule has 2 aromatic rings. The van der Waals surface area contributed by atoms with Gasteiger partial charge in [0.05, 0.1) is 34.4 Å². The molecule has 166 valence electrons. The molecule has 0 bridgehead atoms. The number of methoxy groups -OCH3 is 1. The molecule has 2 amide bonds. The van der Waals surface area contributed by atoms with Crippen LogP contribution < -0.4 is 10.1 Å². The number of benzene rings is 2. The summed E-state index contributed by atoms with van der Waals surface area (Å²) in [6.45, 7) is -0.144. The minimum Gasteiger partial charge on any atom is -0.486 e. The van der Waals surface area contributed by atoms with Crippen molar-refractivity contribution in [3.05, 3.63) is 80.5 Å². The second kappa shape index (κ2) is 8.88. The maximum absolute atomic E-state index is 13.0. The summed E-state index contributed by atoms with van der Waals surface area (Å²) >= 11 is 6.15. The van der Waals surface area contributed by atoms with Gasteiger partial charge in [-0.15, -0.1) is 0 Å². The molecule has 2 aliphatic rings. The van der Waals surface area contributed by atoms with Gasteiger partial charge in [-0.1, -0.05) is 41.9 Å². The molecule has 4 rings (SSSR count). The van der Waals surface area contributed by atoms with Gasteiger partial charge < -0.3 is 14.8 Å². The normalized spacial score (nSPS) is 18.2. The summed E-state index contributed by atoms with van der Waals surface area (Å²) in [6.07, 6.45) is 1.61. The van der Waals surface area contributed by atoms with Gasteiger partial charge in [-0.05, 0) is 24.5 Å². The highest BCUT2D eigenvalue weighted by atomic mass is 35.5. The Labute approximate surface area is 188 Å². The first-order valence-corrected chi connectivity index (χ1v) is 10.3. The zero-order valence-corrected chi connectivity index (χ0v) is 17.9. The molecule has 0 aromatic heterocycles. The summed E-state index contributed by atoms with van der Waals surface area (Å²) in [7, 11) is 1.28. The average molecular weight is 458 g/mol. The topological polar surface area (TPSA) is 111 Å². The quantitative estimate of drug-likeness (QED) is 0.382. The van der Waals surface area contributed by atoms with Crippen molar-refractivity contribution in [2.24, 2.45) is 0 Å². The van der Waals surface area contributed by atoms with Crippen molar-refractivity contribution >= 4 is 29.3 Å². The van der Waals surface area contributed by atoms with Gasteiger partial charge in [-0.25, -0.2) is 9.59 Å². The van der Waals surface area contributed by atoms with E-state index in [2.05, 4.69) is 5.32 Å². The highest BCUT2D eigenvalue weighted by molar-refractivity contribution is 6.32. The van der Waals surface area contributed by atoms with Crippen LogP contribution in [0.5, 0.6) is 5.75 Å². The summed E-state index contributed by atoms with van der Waals surface area (Å²) in [5, 5.41) is 13.9. The fourth-order valence-electron chi connectivity index (χ4n) is 3.66. The number of nitrogens with one attached hydrogen (secondary N) is 1. The smallest absolute Gasteiger partial charge is 0.338 e. The maximum Gasteiger partial charge on any atom is 0.338 e. The standard InChI is InChI=1S/C22H20ClN3O6/c1-31-21(27)19-17(12-32-18-10-9-15(26(29)30)11-16(18)23)25(14-7-8-14)22(28)24-20(19)13-5-3-2-4-6-13/h2-6,9-11,14,20H,7-8,12H2,1H3,(H,24,28). The fourth-order valence-corrected chi connectivity index (χ4v) is 3.89. The summed E-state index contributed by atoms with van der Waals surface area (Å²) in [5.41, 5.74) is 1.20. The number of non-ortho nitro benzene ring substituents is 1. The molecular weight excluding hydrogens is 438 g/mol. The third kappa shape index (κ3) is 4.24. The van der Waals surface area contributed by atoms with Crippen LogP contribution in [0.15, 0.2) is 59.8 Å². The van der Waals surface area contributed by atoms with Crippen LogP contribution in [-0.2, 0) is 9.53 Å². The van der Waals surface area contributed by atoms with E-state index >= 15 is 0 Å². The number of urea groups is 1. The maximum atomic E-state index is 13.0. The van der Waals surface area contributed by atoms with E-state index < -0.39 is 16.9 Å². The number of carbonyl (C=O) groups is 2. The SMILES string of the molecule is COC(=O)C1=C(COc2ccc([N+](=O)[O-])cc2Cl)N(C2CC2)C(=O)NC1c1ccccc1. The molecular formula is C22H20ClN3O6. The molecule has 2 aromatic carbocycles. The molecule has 1 saturated carbocycles. The third-order valence-electron chi connectivity index (χ3n) is 5.32. The molecule has 1 unspecified atom stereocenters. The van der Waals surface area contributed by atoms with E-state index in [0.29, 0.717) is 5.70 Å². The first-order chi connectivity index (χ1) is 15.4. The molecule has 9 nitrogen and oxygen atoms in total. The highest BCUT2D eigenvalue weighted by Crippen LogP contribution is 2.39. The van der Waals surface area contributed by atoms with Gasteiger partial charge in [-0.2, -0.15) is 0 Å². The Morgan fingerprint density at radius 3 is 2.56 bits per heavy atom. The van der Waals surface area contributed by atoms with Gasteiger partial charge in [-0.3, -0.25) is 15.0 Å². The van der Waals surface area contributed by atoms with Crippen molar-refractivity contribution in [2.75, 3.05) is 13.7 Å². The van der Waals surface area contributed by atoms with E-state index in [-0.39, 0.29) is 40.7 Å². The molecule has 1 N–H and O–H groups in total. The van der Waals surface area contributed by atoms with E-state index in [9.17, 15) is 19.7 Å². The number of halogens is 1. The third-order valence-corrected chi connectivity index (χ3v) is 5.61. The van der Waals surface area contributed by atoms with Gasteiger partial charge in [0.2, 0.25) is 0 Å². The minimum absolute atomic E-state index is 0.0442. The first kappa shape index (κ1) is 21.6. The monoisotopic (exact) mass is 457 g/mol. The van der Waals surface area contributed by atoms with Crippen molar-refractivity contribution in [3.8, 4) is 5.75 Å². The van der Waals surface area contributed by atoms with Crippen LogP contribution in [-0.4, -0.2) is 41.6 Å². The summed E-state index contributed by atoms with van der Waals surface area (Å²) in [5.74, 6) is -0.384. The number of ether oxygens (including phenoxy) is 2. The lowest BCUT2D eigenvalue weighted by Crippen LogP contribution is -2.50. The van der Waals surface area contributed by atoms with Crippen molar-refractivity contribution in [1.29, 1.82) is 0 Å². The molecule has 0 radical (unpaired) electrons. The van der Waals surface area contributed by atoms with E-state index in [0.717, 1.165) is 18.4 Å². The Morgan fingerprint density at radius 2 is 1.97 bits per heavy atom. The van der Waals surface area contributed by atoms with Crippen LogP contribution in [0.2, 0.25) is 5.02 Å². The Morgan fingerprint density at radius 1 is 1.25 bits per heavy atom. The predicted molar refractivity (Wildman–Crippen MR) is 115 cm³/mol. The highest BCUT2D eigenvalue weighted by Gasteiger charge is 2.44. The number of nitro benzene ring substituents is 1. The lowest BCUT2D eigenvalue weighted by molar-refractivity contribution is -0.384. The van der Waals surface area contributed by atoms with Crippen LogP contribution in [0, 0.1) is 10.1 Å². The predicted octanol–water partition coefficient (Wildman–Crippen LogP) is 3.98. The van der Waals surface area contributed by atoms with Crippen LogP contribution in [0.4, 0.5) is 10.5 Å². The number of nitro groups is 1. The zero-order chi connectivity index (χ0) is 22.8. The summed E-state index contributed by atoms with van der Waals surface area (Å²) < 4.78 is 10.9. The number of nitrogens with zero attached hydrogens (tertiary/aromatic N) is 2. The van der Waals surface area contributed by atoms with Gasteiger partial charge in [0.25, 0.3) is 5.69 Å². The van der Waals surface area contributed by atoms with E-state index in [1.807, 2.05) is 30.3 Å². The Bertz CT molecular complexity index is 1100. The summed E-state index contributed by atoms with van der Waals surface area (Å²) in [6, 6.07) is 11.9. The van der Waals surface area contributed by atoms with Gasteiger partial charge >= 0.3 is 12.0 Å². The van der Waals surface area contributed by atoms with Crippen molar-refractivity contribution in [3.63, 3.8) is 0 Å². The minimum atomic E-state index is -0.711. The molecule has 1 aliphatic carbocycles. The molecule has 0 saturated heterocycles. The summed E-state index contributed by atoms with van der Waals surface area (Å²) in [4.78, 5) is 37.8. The molecule has 32 heavy (non-hydrogen) atoms. The van der Waals surface area contributed by atoms with E-state index in [1.165, 1.54) is 30.2 Å². The Kier molecular flexibility index (Phi) is 6.00. The van der Waals surface area contributed by atoms with Gasteiger partial charge in [0.15, 0.2) is 0 Å². The molecule has 1 aliphatic heterocycles. The second-order valence-electron chi connectivity index (χ2n) is 7.41. The fraction of sp³-hybridized carbons (Fsp3) is 0.273. The van der Waals surface area contributed by atoms with Crippen molar-refractivity contribution in [2.45, 2.75) is 24.9 Å². The van der Waals surface area contributed by atoms with Crippen LogP contribution >= 0.6 is 11.6 Å². The number of hydrogen-bond donors (Lipinski definition) is 1. The van der Waals surface area contributed by atoms with Gasteiger partial charge in [0, 0.05) is 18.2 Å². The van der Waals surface area contributed by atoms with Crippen LogP contribution in [0.3, 0.4) is 0 Å². The molecule has 1 atom stereocenters. The van der Waals surface area contributed by atoms with E-state index in [1.54, 1.807) is 0 Å². The van der Waals surface area contributed by atoms with E-state index in [4.69, 9.17) is 21.1 Å².